The molecule has 1 aromatic rings. The molecule has 1 heteroatoms. The minimum absolute atomic E-state index is 0.0700. The van der Waals surface area contributed by atoms with Crippen molar-refractivity contribution in [2.45, 2.75) is 57.3 Å². The topological polar surface area (TPSA) is 17.1 Å². The van der Waals surface area contributed by atoms with Crippen LogP contribution in [-0.4, -0.2) is 5.78 Å². The predicted molar refractivity (Wildman–Crippen MR) is 76.1 cm³/mol. The third-order valence-electron chi connectivity index (χ3n) is 6.44. The predicted octanol–water partition coefficient (Wildman–Crippen LogP) is 4.04. The first-order valence-electron chi connectivity index (χ1n) is 7.78. The quantitative estimate of drug-likeness (QED) is 0.683. The minimum Gasteiger partial charge on any atom is -0.299 e. The van der Waals surface area contributed by atoms with Gasteiger partial charge >= 0.3 is 0 Å². The second-order valence-corrected chi connectivity index (χ2v) is 7.10. The summed E-state index contributed by atoms with van der Waals surface area (Å²) in [5, 5.41) is 0. The van der Waals surface area contributed by atoms with Gasteiger partial charge in [-0.3, -0.25) is 4.79 Å². The van der Waals surface area contributed by atoms with E-state index in [1.807, 2.05) is 0 Å². The lowest BCUT2D eigenvalue weighted by Gasteiger charge is -2.59. The van der Waals surface area contributed by atoms with E-state index in [4.69, 9.17) is 0 Å². The van der Waals surface area contributed by atoms with Crippen molar-refractivity contribution in [3.05, 3.63) is 35.4 Å². The van der Waals surface area contributed by atoms with Crippen LogP contribution in [0.1, 0.15) is 56.6 Å². The summed E-state index contributed by atoms with van der Waals surface area (Å²) < 4.78 is 0. The van der Waals surface area contributed by atoms with Crippen molar-refractivity contribution in [1.82, 2.24) is 0 Å². The molecule has 2 saturated carbocycles. The number of benzene rings is 1. The summed E-state index contributed by atoms with van der Waals surface area (Å²) in [6.07, 6.45) is 8.05. The van der Waals surface area contributed by atoms with Crippen molar-refractivity contribution >= 4 is 5.78 Å². The summed E-state index contributed by atoms with van der Waals surface area (Å²) in [5.74, 6) is 1.17. The second-order valence-electron chi connectivity index (χ2n) is 7.10. The van der Waals surface area contributed by atoms with Gasteiger partial charge < -0.3 is 0 Å². The molecular formula is C18H22O. The minimum atomic E-state index is 0.0700. The Morgan fingerprint density at radius 3 is 2.68 bits per heavy atom. The highest BCUT2D eigenvalue weighted by Gasteiger charge is 2.60. The lowest BCUT2D eigenvalue weighted by molar-refractivity contribution is -0.151. The number of Topliss-reactive ketones (excluding diaryl/α,β-unsaturated/α-hetero) is 1. The maximum atomic E-state index is 12.3. The Balaban J connectivity index is 1.84. The molecule has 0 heterocycles. The van der Waals surface area contributed by atoms with E-state index in [1.54, 1.807) is 5.56 Å². The first-order chi connectivity index (χ1) is 9.17. The monoisotopic (exact) mass is 254 g/mol. The van der Waals surface area contributed by atoms with Gasteiger partial charge in [0.1, 0.15) is 5.78 Å². The molecule has 0 amide bonds. The summed E-state index contributed by atoms with van der Waals surface area (Å²) in [7, 11) is 0. The first-order valence-corrected chi connectivity index (χ1v) is 7.78. The molecular weight excluding hydrogens is 232 g/mol. The summed E-state index contributed by atoms with van der Waals surface area (Å²) >= 11 is 0. The zero-order valence-electron chi connectivity index (χ0n) is 11.7. The summed E-state index contributed by atoms with van der Waals surface area (Å²) in [6.45, 7) is 2.43. The molecule has 0 radical (unpaired) electrons. The molecule has 3 aliphatic carbocycles. The summed E-state index contributed by atoms with van der Waals surface area (Å²) in [4.78, 5) is 12.3. The van der Waals surface area contributed by atoms with Crippen molar-refractivity contribution in [1.29, 1.82) is 0 Å². The van der Waals surface area contributed by atoms with Gasteiger partial charge in [0, 0.05) is 11.8 Å². The number of hydrogen-bond donors (Lipinski definition) is 0. The van der Waals surface area contributed by atoms with Gasteiger partial charge in [0.05, 0.1) is 0 Å². The van der Waals surface area contributed by atoms with Crippen molar-refractivity contribution in [3.8, 4) is 0 Å². The van der Waals surface area contributed by atoms with E-state index >= 15 is 0 Å². The van der Waals surface area contributed by atoms with Crippen molar-refractivity contribution in [3.63, 3.8) is 0 Å². The summed E-state index contributed by atoms with van der Waals surface area (Å²) in [6, 6.07) is 8.95. The van der Waals surface area contributed by atoms with Gasteiger partial charge in [-0.1, -0.05) is 37.6 Å². The number of carbonyl (C=O) groups excluding carboxylic acids is 1. The van der Waals surface area contributed by atoms with Crippen molar-refractivity contribution in [2.24, 2.45) is 11.3 Å². The van der Waals surface area contributed by atoms with Crippen LogP contribution in [0.2, 0.25) is 0 Å². The molecule has 3 atom stereocenters. The van der Waals surface area contributed by atoms with Gasteiger partial charge in [0.2, 0.25) is 0 Å². The van der Waals surface area contributed by atoms with Crippen LogP contribution in [0.3, 0.4) is 0 Å². The zero-order chi connectivity index (χ0) is 13.1. The highest BCUT2D eigenvalue weighted by Crippen LogP contribution is 2.62. The van der Waals surface area contributed by atoms with Crippen LogP contribution in [0, 0.1) is 11.3 Å². The smallest absolute Gasteiger partial charge is 0.139 e. The largest absolute Gasteiger partial charge is 0.299 e. The third-order valence-corrected chi connectivity index (χ3v) is 6.44. The summed E-state index contributed by atoms with van der Waals surface area (Å²) in [5.41, 5.74) is 3.40. The lowest BCUT2D eigenvalue weighted by Crippen LogP contribution is -2.57. The number of carbonyl (C=O) groups is 1. The molecule has 3 aliphatic rings. The molecule has 0 aromatic heterocycles. The van der Waals surface area contributed by atoms with Gasteiger partial charge in [-0.15, -0.1) is 0 Å². The van der Waals surface area contributed by atoms with Crippen LogP contribution in [0.4, 0.5) is 0 Å². The molecule has 0 saturated heterocycles. The fourth-order valence-corrected chi connectivity index (χ4v) is 5.42. The molecule has 0 bridgehead atoms. The van der Waals surface area contributed by atoms with E-state index < -0.39 is 0 Å². The highest BCUT2D eigenvalue weighted by atomic mass is 16.1. The average Bonchev–Trinajstić information content (AvgIpc) is 2.44. The maximum Gasteiger partial charge on any atom is 0.139 e. The van der Waals surface area contributed by atoms with Gasteiger partial charge in [-0.25, -0.2) is 0 Å². The second kappa shape index (κ2) is 3.71. The lowest BCUT2D eigenvalue weighted by atomic mass is 9.44. The van der Waals surface area contributed by atoms with Crippen molar-refractivity contribution < 1.29 is 4.79 Å². The Labute approximate surface area is 115 Å². The molecule has 19 heavy (non-hydrogen) atoms. The number of ketones is 1. The van der Waals surface area contributed by atoms with Gasteiger partial charge in [-0.05, 0) is 54.6 Å². The van der Waals surface area contributed by atoms with E-state index in [9.17, 15) is 4.79 Å². The van der Waals surface area contributed by atoms with Crippen LogP contribution >= 0.6 is 0 Å². The number of aryl methyl sites for hydroxylation is 1. The molecule has 2 fully saturated rings. The molecule has 3 unspecified atom stereocenters. The fraction of sp³-hybridized carbons (Fsp3) is 0.611. The molecule has 0 N–H and O–H groups in total. The zero-order valence-corrected chi connectivity index (χ0v) is 11.7. The van der Waals surface area contributed by atoms with Gasteiger partial charge in [0.25, 0.3) is 0 Å². The Bertz CT molecular complexity index is 546. The first kappa shape index (κ1) is 11.7. The standard InChI is InChI=1S/C18H22O/c1-17-10-4-11-18(12-9-16(18)19)15(17)8-7-13-5-2-3-6-14(13)17/h2-3,5-6,15H,4,7-12H2,1H3. The number of hydrogen-bond acceptors (Lipinski definition) is 1. The Morgan fingerprint density at radius 2 is 1.95 bits per heavy atom. The SMILES string of the molecule is CC12CCCC3(CCC3=O)C1CCc1ccccc12. The Hall–Kier alpha value is -1.11. The fourth-order valence-electron chi connectivity index (χ4n) is 5.42. The average molecular weight is 254 g/mol. The Kier molecular flexibility index (Phi) is 2.29. The van der Waals surface area contributed by atoms with Crippen LogP contribution in [0.5, 0.6) is 0 Å². The normalized spacial score (nSPS) is 40.5. The van der Waals surface area contributed by atoms with Crippen LogP contribution in [-0.2, 0) is 16.6 Å². The van der Waals surface area contributed by atoms with E-state index in [-0.39, 0.29) is 10.8 Å². The molecule has 1 spiro atoms. The van der Waals surface area contributed by atoms with Gasteiger partial charge in [0.15, 0.2) is 0 Å². The van der Waals surface area contributed by atoms with E-state index in [0.717, 1.165) is 19.3 Å². The molecule has 100 valence electrons. The molecule has 4 rings (SSSR count). The highest BCUT2D eigenvalue weighted by molar-refractivity contribution is 5.91. The van der Waals surface area contributed by atoms with Crippen LogP contribution in [0.25, 0.3) is 0 Å². The molecule has 1 nitrogen and oxygen atoms in total. The third kappa shape index (κ3) is 1.34. The number of fused-ring (bicyclic) bond motifs is 4. The molecule has 0 aliphatic heterocycles. The van der Waals surface area contributed by atoms with Crippen molar-refractivity contribution in [2.75, 3.05) is 0 Å². The van der Waals surface area contributed by atoms with Crippen LogP contribution < -0.4 is 0 Å². The maximum absolute atomic E-state index is 12.3. The Morgan fingerprint density at radius 1 is 1.11 bits per heavy atom. The van der Waals surface area contributed by atoms with E-state index in [1.165, 1.54) is 31.2 Å². The number of rotatable bonds is 0. The molecule has 1 aromatic carbocycles. The van der Waals surface area contributed by atoms with Gasteiger partial charge in [-0.2, -0.15) is 0 Å². The van der Waals surface area contributed by atoms with E-state index in [2.05, 4.69) is 31.2 Å². The van der Waals surface area contributed by atoms with E-state index in [0.29, 0.717) is 11.7 Å². The van der Waals surface area contributed by atoms with Crippen LogP contribution in [0.15, 0.2) is 24.3 Å².